The van der Waals surface area contributed by atoms with Gasteiger partial charge in [-0.3, -0.25) is 0 Å². The van der Waals surface area contributed by atoms with Gasteiger partial charge >= 0.3 is 0 Å². The predicted molar refractivity (Wildman–Crippen MR) is 83.8 cm³/mol. The second kappa shape index (κ2) is 6.29. The van der Waals surface area contributed by atoms with Crippen LogP contribution in [-0.4, -0.2) is 25.9 Å². The van der Waals surface area contributed by atoms with Gasteiger partial charge in [-0.15, -0.1) is 0 Å². The van der Waals surface area contributed by atoms with E-state index in [4.69, 9.17) is 9.47 Å². The zero-order valence-electron chi connectivity index (χ0n) is 13.0. The number of rotatable bonds is 5. The van der Waals surface area contributed by atoms with Crippen molar-refractivity contribution in [3.05, 3.63) is 64.7 Å². The van der Waals surface area contributed by atoms with Crippen LogP contribution >= 0.6 is 0 Å². The molecule has 1 atom stereocenters. The maximum Gasteiger partial charge on any atom is 0.141 e. The van der Waals surface area contributed by atoms with Crippen molar-refractivity contribution in [1.29, 1.82) is 0 Å². The Kier molecular flexibility index (Phi) is 4.66. The quantitative estimate of drug-likeness (QED) is 0.917. The topological polar surface area (TPSA) is 38.7 Å². The van der Waals surface area contributed by atoms with Crippen LogP contribution in [-0.2, 0) is 10.3 Å². The summed E-state index contributed by atoms with van der Waals surface area (Å²) >= 11 is 0. The van der Waals surface area contributed by atoms with Crippen molar-refractivity contribution in [2.24, 2.45) is 0 Å². The van der Waals surface area contributed by atoms with Gasteiger partial charge in [0.2, 0.25) is 0 Å². The Balaban J connectivity index is 2.66. The van der Waals surface area contributed by atoms with E-state index in [2.05, 4.69) is 0 Å². The van der Waals surface area contributed by atoms with Crippen LogP contribution in [0.1, 0.15) is 22.3 Å². The molecule has 0 amide bonds. The molecule has 0 aliphatic carbocycles. The summed E-state index contributed by atoms with van der Waals surface area (Å²) in [5, 5.41) is 11.3. The molecule has 0 bridgehead atoms. The summed E-state index contributed by atoms with van der Waals surface area (Å²) in [7, 11) is 3.21. The van der Waals surface area contributed by atoms with Gasteiger partial charge in [0.05, 0.1) is 13.7 Å². The summed E-state index contributed by atoms with van der Waals surface area (Å²) < 4.78 is 10.8. The van der Waals surface area contributed by atoms with Crippen molar-refractivity contribution < 1.29 is 14.6 Å². The van der Waals surface area contributed by atoms with E-state index in [1.165, 1.54) is 0 Å². The standard InChI is InChI=1S/C18H22O3/c1-13-10-11-16(17(21-4)14(13)2)18(19,12-20-3)15-8-6-5-7-9-15/h5-11,19H,12H2,1-4H3. The van der Waals surface area contributed by atoms with E-state index in [0.29, 0.717) is 5.75 Å². The molecular formula is C18H22O3. The fourth-order valence-corrected chi connectivity index (χ4v) is 2.62. The largest absolute Gasteiger partial charge is 0.496 e. The van der Waals surface area contributed by atoms with E-state index in [1.807, 2.05) is 56.3 Å². The predicted octanol–water partition coefficient (Wildman–Crippen LogP) is 3.19. The van der Waals surface area contributed by atoms with Gasteiger partial charge in [-0.05, 0) is 30.5 Å². The number of aliphatic hydroxyl groups is 1. The molecule has 0 aliphatic rings. The summed E-state index contributed by atoms with van der Waals surface area (Å²) in [6.07, 6.45) is 0. The lowest BCUT2D eigenvalue weighted by Crippen LogP contribution is -2.33. The molecule has 21 heavy (non-hydrogen) atoms. The summed E-state index contributed by atoms with van der Waals surface area (Å²) in [6.45, 7) is 4.19. The molecule has 2 aromatic carbocycles. The van der Waals surface area contributed by atoms with E-state index in [1.54, 1.807) is 14.2 Å². The molecule has 0 aliphatic heterocycles. The fraction of sp³-hybridized carbons (Fsp3) is 0.333. The van der Waals surface area contributed by atoms with E-state index < -0.39 is 5.60 Å². The lowest BCUT2D eigenvalue weighted by atomic mass is 9.84. The second-order valence-electron chi connectivity index (χ2n) is 5.25. The zero-order chi connectivity index (χ0) is 15.5. The van der Waals surface area contributed by atoms with Gasteiger partial charge in [0.15, 0.2) is 0 Å². The van der Waals surface area contributed by atoms with Gasteiger partial charge in [0.1, 0.15) is 11.4 Å². The third-order valence-electron chi connectivity index (χ3n) is 3.93. The molecule has 0 fully saturated rings. The molecule has 0 spiro atoms. The lowest BCUT2D eigenvalue weighted by molar-refractivity contribution is -0.00485. The molecule has 1 N–H and O–H groups in total. The Bertz CT molecular complexity index is 607. The van der Waals surface area contributed by atoms with Crippen molar-refractivity contribution in [3.8, 4) is 5.75 Å². The lowest BCUT2D eigenvalue weighted by Gasteiger charge is -2.31. The third-order valence-corrected chi connectivity index (χ3v) is 3.93. The van der Waals surface area contributed by atoms with Crippen molar-refractivity contribution in [3.63, 3.8) is 0 Å². The number of hydrogen-bond acceptors (Lipinski definition) is 3. The maximum absolute atomic E-state index is 11.3. The molecule has 0 heterocycles. The van der Waals surface area contributed by atoms with Crippen LogP contribution in [0, 0.1) is 13.8 Å². The summed E-state index contributed by atoms with van der Waals surface area (Å²) in [6, 6.07) is 13.4. The van der Waals surface area contributed by atoms with Crippen LogP contribution in [0.4, 0.5) is 0 Å². The molecule has 1 unspecified atom stereocenters. The normalized spacial score (nSPS) is 13.8. The monoisotopic (exact) mass is 286 g/mol. The van der Waals surface area contributed by atoms with E-state index in [9.17, 15) is 5.11 Å². The van der Waals surface area contributed by atoms with Crippen molar-refractivity contribution in [2.45, 2.75) is 19.4 Å². The first-order chi connectivity index (χ1) is 10.0. The molecule has 0 saturated heterocycles. The summed E-state index contributed by atoms with van der Waals surface area (Å²) in [5.74, 6) is 0.707. The maximum atomic E-state index is 11.3. The van der Waals surface area contributed by atoms with Crippen molar-refractivity contribution in [2.75, 3.05) is 20.8 Å². The Morgan fingerprint density at radius 1 is 1.00 bits per heavy atom. The van der Waals surface area contributed by atoms with Crippen molar-refractivity contribution >= 4 is 0 Å². The fourth-order valence-electron chi connectivity index (χ4n) is 2.62. The number of ether oxygens (including phenoxy) is 2. The SMILES string of the molecule is COCC(O)(c1ccccc1)c1ccc(C)c(C)c1OC. The highest BCUT2D eigenvalue weighted by Gasteiger charge is 2.35. The van der Waals surface area contributed by atoms with Gasteiger partial charge < -0.3 is 14.6 Å². The molecule has 2 rings (SSSR count). The molecule has 2 aromatic rings. The van der Waals surface area contributed by atoms with Crippen LogP contribution in [0.15, 0.2) is 42.5 Å². The molecule has 3 heteroatoms. The first-order valence-electron chi connectivity index (χ1n) is 6.96. The highest BCUT2D eigenvalue weighted by molar-refractivity contribution is 5.51. The van der Waals surface area contributed by atoms with Crippen molar-refractivity contribution in [1.82, 2.24) is 0 Å². The Hall–Kier alpha value is -1.84. The first-order valence-corrected chi connectivity index (χ1v) is 6.96. The first kappa shape index (κ1) is 15.5. The highest BCUT2D eigenvalue weighted by atomic mass is 16.5. The molecule has 0 saturated carbocycles. The Morgan fingerprint density at radius 2 is 1.67 bits per heavy atom. The molecule has 0 radical (unpaired) electrons. The molecule has 0 aromatic heterocycles. The number of methoxy groups -OCH3 is 2. The zero-order valence-corrected chi connectivity index (χ0v) is 13.0. The second-order valence-corrected chi connectivity index (χ2v) is 5.25. The molecule has 112 valence electrons. The van der Waals surface area contributed by atoms with Crippen LogP contribution in [0.3, 0.4) is 0 Å². The summed E-state index contributed by atoms with van der Waals surface area (Å²) in [4.78, 5) is 0. The van der Waals surface area contributed by atoms with Crippen LogP contribution in [0.2, 0.25) is 0 Å². The van der Waals surface area contributed by atoms with E-state index in [0.717, 1.165) is 22.3 Å². The highest BCUT2D eigenvalue weighted by Crippen LogP contribution is 2.38. The Labute approximate surface area is 126 Å². The van der Waals surface area contributed by atoms with E-state index in [-0.39, 0.29) is 6.61 Å². The smallest absolute Gasteiger partial charge is 0.141 e. The Morgan fingerprint density at radius 3 is 2.24 bits per heavy atom. The number of benzene rings is 2. The van der Waals surface area contributed by atoms with Gasteiger partial charge in [-0.2, -0.15) is 0 Å². The van der Waals surface area contributed by atoms with Gasteiger partial charge in [-0.1, -0.05) is 42.5 Å². The van der Waals surface area contributed by atoms with Gasteiger partial charge in [-0.25, -0.2) is 0 Å². The van der Waals surface area contributed by atoms with Crippen LogP contribution in [0.25, 0.3) is 0 Å². The average molecular weight is 286 g/mol. The minimum absolute atomic E-state index is 0.163. The molecule has 3 nitrogen and oxygen atoms in total. The average Bonchev–Trinajstić information content (AvgIpc) is 2.50. The third kappa shape index (κ3) is 2.80. The minimum atomic E-state index is -1.24. The number of aryl methyl sites for hydroxylation is 1. The van der Waals surface area contributed by atoms with Crippen LogP contribution < -0.4 is 4.74 Å². The minimum Gasteiger partial charge on any atom is -0.496 e. The van der Waals surface area contributed by atoms with Gasteiger partial charge in [0.25, 0.3) is 0 Å². The number of hydrogen-bond donors (Lipinski definition) is 1. The van der Waals surface area contributed by atoms with Gasteiger partial charge in [0, 0.05) is 12.7 Å². The molecular weight excluding hydrogens is 264 g/mol. The summed E-state index contributed by atoms with van der Waals surface area (Å²) in [5.41, 5.74) is 2.43. The van der Waals surface area contributed by atoms with Crippen LogP contribution in [0.5, 0.6) is 5.75 Å². The van der Waals surface area contributed by atoms with E-state index >= 15 is 0 Å².